The molecule has 7 nitrogen and oxygen atoms in total. The second kappa shape index (κ2) is 8.00. The van der Waals surface area contributed by atoms with Gasteiger partial charge in [-0.1, -0.05) is 6.07 Å². The number of urea groups is 1. The lowest BCUT2D eigenvalue weighted by Gasteiger charge is -2.37. The maximum Gasteiger partial charge on any atom is 0.319 e. The summed E-state index contributed by atoms with van der Waals surface area (Å²) in [5.41, 5.74) is 0.948. The van der Waals surface area contributed by atoms with Crippen molar-refractivity contribution in [3.8, 4) is 0 Å². The van der Waals surface area contributed by atoms with Crippen LogP contribution < -0.4 is 10.6 Å². The summed E-state index contributed by atoms with van der Waals surface area (Å²) in [7, 11) is 0. The van der Waals surface area contributed by atoms with E-state index in [1.807, 2.05) is 13.8 Å². The van der Waals surface area contributed by atoms with E-state index >= 15 is 0 Å². The average Bonchev–Trinajstić information content (AvgIpc) is 2.53. The quantitative estimate of drug-likeness (QED) is 0.779. The van der Waals surface area contributed by atoms with Crippen LogP contribution in [0.15, 0.2) is 24.3 Å². The van der Waals surface area contributed by atoms with E-state index in [4.69, 9.17) is 0 Å². The van der Waals surface area contributed by atoms with Crippen molar-refractivity contribution in [2.24, 2.45) is 5.92 Å². The lowest BCUT2D eigenvalue weighted by molar-refractivity contribution is -0.144. The van der Waals surface area contributed by atoms with E-state index in [1.165, 1.54) is 0 Å². The lowest BCUT2D eigenvalue weighted by Crippen LogP contribution is -2.49. The van der Waals surface area contributed by atoms with E-state index in [-0.39, 0.29) is 24.0 Å². The minimum Gasteiger partial charge on any atom is -0.481 e. The molecule has 1 saturated heterocycles. The van der Waals surface area contributed by atoms with Crippen LogP contribution in [0, 0.1) is 5.92 Å². The predicted octanol–water partition coefficient (Wildman–Crippen LogP) is 2.54. The molecule has 25 heavy (non-hydrogen) atoms. The van der Waals surface area contributed by atoms with Crippen LogP contribution in [0.25, 0.3) is 0 Å². The summed E-state index contributed by atoms with van der Waals surface area (Å²) < 4.78 is 0. The van der Waals surface area contributed by atoms with Gasteiger partial charge in [-0.25, -0.2) is 4.79 Å². The molecule has 0 saturated carbocycles. The van der Waals surface area contributed by atoms with Crippen molar-refractivity contribution in [3.05, 3.63) is 29.8 Å². The number of rotatable bonds is 4. The Hall–Kier alpha value is -2.57. The van der Waals surface area contributed by atoms with Gasteiger partial charge in [-0.15, -0.1) is 0 Å². The van der Waals surface area contributed by atoms with Crippen LogP contribution in [-0.4, -0.2) is 46.5 Å². The first-order valence-electron chi connectivity index (χ1n) is 8.51. The lowest BCUT2D eigenvalue weighted by atomic mass is 9.90. The highest BCUT2D eigenvalue weighted by Gasteiger charge is 2.35. The molecule has 0 bridgehead atoms. The highest BCUT2D eigenvalue weighted by atomic mass is 16.4. The number of carbonyl (C=O) groups is 3. The highest BCUT2D eigenvalue weighted by molar-refractivity contribution is 5.97. The molecule has 0 radical (unpaired) electrons. The molecule has 3 N–H and O–H groups in total. The SMILES string of the molecule is CC(C)NC(=O)Nc1cccc(C(=O)N2CCC[C@H](C(=O)O)[C@@H]2C)c1. The third kappa shape index (κ3) is 4.71. The summed E-state index contributed by atoms with van der Waals surface area (Å²) in [6.45, 7) is 6.02. The largest absolute Gasteiger partial charge is 0.481 e. The zero-order valence-corrected chi connectivity index (χ0v) is 14.8. The van der Waals surface area contributed by atoms with Crippen molar-refractivity contribution in [3.63, 3.8) is 0 Å². The van der Waals surface area contributed by atoms with Gasteiger partial charge in [0, 0.05) is 29.9 Å². The summed E-state index contributed by atoms with van der Waals surface area (Å²) in [6, 6.07) is 5.99. The van der Waals surface area contributed by atoms with E-state index in [0.717, 1.165) is 0 Å². The van der Waals surface area contributed by atoms with Crippen LogP contribution in [0.4, 0.5) is 10.5 Å². The summed E-state index contributed by atoms with van der Waals surface area (Å²) in [4.78, 5) is 37.5. The Morgan fingerprint density at radius 3 is 2.64 bits per heavy atom. The van der Waals surface area contributed by atoms with Crippen LogP contribution in [0.2, 0.25) is 0 Å². The minimum absolute atomic E-state index is 0.00645. The third-order valence-corrected chi connectivity index (χ3v) is 4.35. The van der Waals surface area contributed by atoms with Crippen LogP contribution in [0.1, 0.15) is 44.0 Å². The fourth-order valence-electron chi connectivity index (χ4n) is 3.09. The second-order valence-corrected chi connectivity index (χ2v) is 6.66. The third-order valence-electron chi connectivity index (χ3n) is 4.35. The molecule has 1 heterocycles. The zero-order valence-electron chi connectivity index (χ0n) is 14.8. The number of aliphatic carboxylic acids is 1. The standard InChI is InChI=1S/C18H25N3O4/c1-11(2)19-18(25)20-14-7-4-6-13(10-14)16(22)21-9-5-8-15(12(21)3)17(23)24/h4,6-7,10-12,15H,5,8-9H2,1-3H3,(H,23,24)(H2,19,20,25)/t12-,15-/m0/s1. The van der Waals surface area contributed by atoms with Crippen LogP contribution in [0.5, 0.6) is 0 Å². The Morgan fingerprint density at radius 1 is 1.28 bits per heavy atom. The van der Waals surface area contributed by atoms with E-state index in [2.05, 4.69) is 10.6 Å². The summed E-state index contributed by atoms with van der Waals surface area (Å²) in [6.07, 6.45) is 1.25. The number of nitrogens with one attached hydrogen (secondary N) is 2. The van der Waals surface area contributed by atoms with Crippen LogP contribution >= 0.6 is 0 Å². The van der Waals surface area contributed by atoms with Gasteiger partial charge in [0.1, 0.15) is 0 Å². The smallest absolute Gasteiger partial charge is 0.319 e. The number of carbonyl (C=O) groups excluding carboxylic acids is 2. The second-order valence-electron chi connectivity index (χ2n) is 6.66. The topological polar surface area (TPSA) is 98.7 Å². The molecular formula is C18H25N3O4. The number of hydrogen-bond acceptors (Lipinski definition) is 3. The number of likely N-dealkylation sites (tertiary alicyclic amines) is 1. The van der Waals surface area contributed by atoms with Crippen LogP contribution in [-0.2, 0) is 4.79 Å². The molecule has 1 aromatic carbocycles. The number of anilines is 1. The van der Waals surface area contributed by atoms with Gasteiger partial charge in [-0.05, 0) is 51.8 Å². The molecule has 1 aromatic rings. The number of piperidine rings is 1. The summed E-state index contributed by atoms with van der Waals surface area (Å²) in [5.74, 6) is -1.63. The molecule has 0 aromatic heterocycles. The first-order chi connectivity index (χ1) is 11.8. The van der Waals surface area contributed by atoms with Crippen molar-refractivity contribution in [1.82, 2.24) is 10.2 Å². The molecule has 2 rings (SSSR count). The highest BCUT2D eigenvalue weighted by Crippen LogP contribution is 2.26. The van der Waals surface area contributed by atoms with E-state index in [1.54, 1.807) is 36.1 Å². The van der Waals surface area contributed by atoms with Gasteiger partial charge < -0.3 is 20.6 Å². The molecule has 0 unspecified atom stereocenters. The Bertz CT molecular complexity index is 659. The molecule has 1 aliphatic heterocycles. The van der Waals surface area contributed by atoms with E-state index in [9.17, 15) is 19.5 Å². The van der Waals surface area contributed by atoms with Crippen molar-refractivity contribution >= 4 is 23.6 Å². The normalized spacial score (nSPS) is 20.2. The Kier molecular flexibility index (Phi) is 6.01. The number of carboxylic acids is 1. The van der Waals surface area contributed by atoms with Gasteiger partial charge in [0.05, 0.1) is 5.92 Å². The molecule has 2 atom stereocenters. The van der Waals surface area contributed by atoms with Gasteiger partial charge in [-0.2, -0.15) is 0 Å². The Labute approximate surface area is 147 Å². The number of carboxylic acid groups (broad SMARTS) is 1. The van der Waals surface area contributed by atoms with Gasteiger partial charge in [0.2, 0.25) is 0 Å². The number of nitrogens with zero attached hydrogens (tertiary/aromatic N) is 1. The maximum atomic E-state index is 12.8. The average molecular weight is 347 g/mol. The van der Waals surface area contributed by atoms with E-state index in [0.29, 0.717) is 30.6 Å². The Morgan fingerprint density at radius 2 is 2.00 bits per heavy atom. The van der Waals surface area contributed by atoms with Gasteiger partial charge in [0.25, 0.3) is 5.91 Å². The summed E-state index contributed by atoms with van der Waals surface area (Å²) >= 11 is 0. The number of hydrogen-bond donors (Lipinski definition) is 3. The van der Waals surface area contributed by atoms with Gasteiger partial charge >= 0.3 is 12.0 Å². The molecule has 1 fully saturated rings. The van der Waals surface area contributed by atoms with Gasteiger partial charge in [-0.3, -0.25) is 9.59 Å². The Balaban J connectivity index is 2.12. The molecule has 0 spiro atoms. The first kappa shape index (κ1) is 18.8. The molecule has 136 valence electrons. The monoisotopic (exact) mass is 347 g/mol. The molecular weight excluding hydrogens is 322 g/mol. The zero-order chi connectivity index (χ0) is 18.6. The molecule has 7 heteroatoms. The van der Waals surface area contributed by atoms with Gasteiger partial charge in [0.15, 0.2) is 0 Å². The first-order valence-corrected chi connectivity index (χ1v) is 8.51. The van der Waals surface area contributed by atoms with E-state index < -0.39 is 11.9 Å². The van der Waals surface area contributed by atoms with Crippen molar-refractivity contribution in [2.75, 3.05) is 11.9 Å². The fraction of sp³-hybridized carbons (Fsp3) is 0.500. The predicted molar refractivity (Wildman–Crippen MR) is 94.6 cm³/mol. The minimum atomic E-state index is -0.870. The number of benzene rings is 1. The molecule has 1 aliphatic rings. The van der Waals surface area contributed by atoms with Crippen molar-refractivity contribution in [2.45, 2.75) is 45.7 Å². The van der Waals surface area contributed by atoms with Crippen molar-refractivity contribution in [1.29, 1.82) is 0 Å². The molecule has 3 amide bonds. The van der Waals surface area contributed by atoms with Crippen molar-refractivity contribution < 1.29 is 19.5 Å². The molecule has 0 aliphatic carbocycles. The maximum absolute atomic E-state index is 12.8. The fourth-order valence-corrected chi connectivity index (χ4v) is 3.09. The summed E-state index contributed by atoms with van der Waals surface area (Å²) in [5, 5.41) is 14.7. The number of amides is 3. The van der Waals surface area contributed by atoms with Crippen LogP contribution in [0.3, 0.4) is 0 Å².